The van der Waals surface area contributed by atoms with Crippen molar-refractivity contribution < 1.29 is 19.0 Å². The molecule has 0 aliphatic carbocycles. The van der Waals surface area contributed by atoms with E-state index in [4.69, 9.17) is 13.9 Å². The number of aliphatic hydroxyl groups excluding tert-OH is 1. The van der Waals surface area contributed by atoms with Gasteiger partial charge in [-0.05, 0) is 39.5 Å². The molecule has 0 spiro atoms. The van der Waals surface area contributed by atoms with E-state index >= 15 is 0 Å². The zero-order valence-electron chi connectivity index (χ0n) is 21.3. The molecule has 3 aromatic carbocycles. The van der Waals surface area contributed by atoms with Crippen molar-refractivity contribution in [1.29, 1.82) is 0 Å². The summed E-state index contributed by atoms with van der Waals surface area (Å²) in [7, 11) is -0.988. The van der Waals surface area contributed by atoms with Crippen LogP contribution in [0, 0.1) is 0 Å². The number of ether oxygens (including phenoxy) is 2. The van der Waals surface area contributed by atoms with Gasteiger partial charge in [0.25, 0.3) is 8.32 Å². The van der Waals surface area contributed by atoms with Crippen LogP contribution in [0.2, 0.25) is 5.04 Å². The molecule has 5 heteroatoms. The van der Waals surface area contributed by atoms with E-state index in [0.29, 0.717) is 19.6 Å². The third-order valence-electron chi connectivity index (χ3n) is 6.36. The Morgan fingerprint density at radius 1 is 0.886 bits per heavy atom. The fourth-order valence-electron chi connectivity index (χ4n) is 4.51. The monoisotopic (exact) mass is 490 g/mol. The van der Waals surface area contributed by atoms with Crippen LogP contribution in [0.15, 0.2) is 97.6 Å². The topological polar surface area (TPSA) is 47.9 Å². The smallest absolute Gasteiger partial charge is 0.261 e. The largest absolute Gasteiger partial charge is 0.497 e. The number of aliphatic hydroxyl groups is 1. The van der Waals surface area contributed by atoms with Crippen molar-refractivity contribution in [2.24, 2.45) is 0 Å². The van der Waals surface area contributed by atoms with Crippen molar-refractivity contribution in [3.8, 4) is 5.75 Å². The van der Waals surface area contributed by atoms with E-state index in [2.05, 4.69) is 75.9 Å². The van der Waals surface area contributed by atoms with Crippen LogP contribution in [0.5, 0.6) is 5.75 Å². The number of hydrogen-bond acceptors (Lipinski definition) is 4. The Balaban J connectivity index is 1.72. The second kappa shape index (κ2) is 12.3. The molecule has 0 heterocycles. The normalized spacial score (nSPS) is 13.7. The summed E-state index contributed by atoms with van der Waals surface area (Å²) in [6.45, 7) is 11.4. The lowest BCUT2D eigenvalue weighted by atomic mass is 10.1. The highest BCUT2D eigenvalue weighted by atomic mass is 28.4. The first-order valence-corrected chi connectivity index (χ1v) is 14.0. The zero-order valence-corrected chi connectivity index (χ0v) is 22.3. The first-order valence-electron chi connectivity index (χ1n) is 12.1. The number of hydrogen-bond donors (Lipinski definition) is 1. The number of methoxy groups -OCH3 is 1. The average Bonchev–Trinajstić information content (AvgIpc) is 2.87. The van der Waals surface area contributed by atoms with Crippen LogP contribution in [0.3, 0.4) is 0 Å². The second-order valence-electron chi connectivity index (χ2n) is 9.73. The lowest BCUT2D eigenvalue weighted by Crippen LogP contribution is -2.66. The Hall–Kier alpha value is -2.70. The third-order valence-corrected chi connectivity index (χ3v) is 11.4. The summed E-state index contributed by atoms with van der Waals surface area (Å²) in [6.07, 6.45) is 0.907. The summed E-state index contributed by atoms with van der Waals surface area (Å²) in [5.74, 6) is 0.800. The van der Waals surface area contributed by atoms with Crippen molar-refractivity contribution in [3.63, 3.8) is 0 Å². The van der Waals surface area contributed by atoms with Gasteiger partial charge < -0.3 is 19.0 Å². The average molecular weight is 491 g/mol. The van der Waals surface area contributed by atoms with Gasteiger partial charge in [0.15, 0.2) is 0 Å². The first kappa shape index (κ1) is 26.9. The molecule has 35 heavy (non-hydrogen) atoms. The summed E-state index contributed by atoms with van der Waals surface area (Å²) >= 11 is 0. The highest BCUT2D eigenvalue weighted by Crippen LogP contribution is 2.36. The van der Waals surface area contributed by atoms with Crippen LogP contribution < -0.4 is 15.1 Å². The van der Waals surface area contributed by atoms with Crippen molar-refractivity contribution in [1.82, 2.24) is 0 Å². The van der Waals surface area contributed by atoms with Gasteiger partial charge in [0.05, 0.1) is 19.8 Å². The Bertz CT molecular complexity index is 990. The van der Waals surface area contributed by atoms with E-state index < -0.39 is 20.5 Å². The molecule has 1 N–H and O–H groups in total. The quantitative estimate of drug-likeness (QED) is 0.284. The summed E-state index contributed by atoms with van der Waals surface area (Å²) in [4.78, 5) is 0. The van der Waals surface area contributed by atoms with Gasteiger partial charge in [-0.15, -0.1) is 6.58 Å². The van der Waals surface area contributed by atoms with Crippen molar-refractivity contribution >= 4 is 18.7 Å². The molecule has 0 fully saturated rings. The van der Waals surface area contributed by atoms with Crippen molar-refractivity contribution in [2.45, 2.75) is 51.0 Å². The summed E-state index contributed by atoms with van der Waals surface area (Å²) < 4.78 is 18.1. The Morgan fingerprint density at radius 3 is 1.89 bits per heavy atom. The van der Waals surface area contributed by atoms with E-state index in [1.165, 1.54) is 10.4 Å². The number of rotatable bonds is 12. The minimum Gasteiger partial charge on any atom is -0.497 e. The first-order chi connectivity index (χ1) is 16.8. The molecule has 0 aromatic heterocycles. The molecule has 0 aliphatic rings. The molecule has 0 saturated carbocycles. The molecule has 0 aliphatic heterocycles. The van der Waals surface area contributed by atoms with Gasteiger partial charge in [-0.3, -0.25) is 0 Å². The Morgan fingerprint density at radius 2 is 1.43 bits per heavy atom. The van der Waals surface area contributed by atoms with Crippen LogP contribution in [-0.2, 0) is 15.8 Å². The maximum absolute atomic E-state index is 10.9. The fraction of sp³-hybridized carbons (Fsp3) is 0.333. The molecule has 3 aromatic rings. The van der Waals surface area contributed by atoms with Gasteiger partial charge in [-0.25, -0.2) is 0 Å². The highest BCUT2D eigenvalue weighted by molar-refractivity contribution is 6.99. The summed E-state index contributed by atoms with van der Waals surface area (Å²) in [5.41, 5.74) is 1.01. The molecule has 4 nitrogen and oxygen atoms in total. The molecular weight excluding hydrogens is 452 g/mol. The van der Waals surface area contributed by atoms with Crippen molar-refractivity contribution in [2.75, 3.05) is 13.7 Å². The molecular formula is C30H38O4Si. The van der Waals surface area contributed by atoms with Crippen LogP contribution in [0.4, 0.5) is 0 Å². The Kier molecular flexibility index (Phi) is 9.46. The predicted octanol–water partition coefficient (Wildman–Crippen LogP) is 5.09. The van der Waals surface area contributed by atoms with Gasteiger partial charge in [0, 0.05) is 6.61 Å². The molecule has 0 unspecified atom stereocenters. The lowest BCUT2D eigenvalue weighted by molar-refractivity contribution is -0.0262. The molecule has 0 amide bonds. The lowest BCUT2D eigenvalue weighted by Gasteiger charge is -2.43. The third kappa shape index (κ3) is 6.50. The van der Waals surface area contributed by atoms with E-state index in [0.717, 1.165) is 11.3 Å². The van der Waals surface area contributed by atoms with Crippen LogP contribution in [0.1, 0.15) is 32.8 Å². The molecule has 0 bridgehead atoms. The van der Waals surface area contributed by atoms with Gasteiger partial charge >= 0.3 is 0 Å². The van der Waals surface area contributed by atoms with Gasteiger partial charge in [-0.2, -0.15) is 0 Å². The van der Waals surface area contributed by atoms with E-state index in [1.807, 2.05) is 36.4 Å². The van der Waals surface area contributed by atoms with E-state index in [1.54, 1.807) is 13.2 Å². The minimum absolute atomic E-state index is 0.108. The van der Waals surface area contributed by atoms with Gasteiger partial charge in [0.2, 0.25) is 0 Å². The zero-order chi connectivity index (χ0) is 25.3. The van der Waals surface area contributed by atoms with E-state index in [9.17, 15) is 5.11 Å². The molecule has 2 atom stereocenters. The van der Waals surface area contributed by atoms with E-state index in [-0.39, 0.29) is 5.04 Å². The molecule has 0 radical (unpaired) electrons. The predicted molar refractivity (Wildman–Crippen MR) is 146 cm³/mol. The van der Waals surface area contributed by atoms with Gasteiger partial charge in [-0.1, -0.05) is 99.6 Å². The Labute approximate surface area is 211 Å². The number of benzene rings is 3. The van der Waals surface area contributed by atoms with Gasteiger partial charge in [0.1, 0.15) is 11.9 Å². The maximum atomic E-state index is 10.9. The standard InChI is InChI=1S/C30H38O4Si/c1-6-29(33-23-24-17-19-25(32-5)20-18-24)28(31)21-22-34-35(30(2,3)4,26-13-9-7-10-14-26)27-15-11-8-12-16-27/h6-20,28-29,31H,1,21-23H2,2-5H3/t28-,29+/m1/s1. The molecule has 3 rings (SSSR count). The SMILES string of the molecule is C=C[C@H](OCc1ccc(OC)cc1)[C@H](O)CCO[Si](c1ccccc1)(c1ccccc1)C(C)(C)C. The van der Waals surface area contributed by atoms with Crippen LogP contribution >= 0.6 is 0 Å². The fourth-order valence-corrected chi connectivity index (χ4v) is 9.09. The maximum Gasteiger partial charge on any atom is 0.261 e. The highest BCUT2D eigenvalue weighted by Gasteiger charge is 2.50. The van der Waals surface area contributed by atoms with Crippen molar-refractivity contribution in [3.05, 3.63) is 103 Å². The minimum atomic E-state index is -2.63. The van der Waals surface area contributed by atoms with Crippen LogP contribution in [-0.4, -0.2) is 39.3 Å². The molecule has 186 valence electrons. The second-order valence-corrected chi connectivity index (χ2v) is 14.0. The molecule has 0 saturated heterocycles. The summed E-state index contributed by atoms with van der Waals surface area (Å²) in [5, 5.41) is 13.3. The summed E-state index contributed by atoms with van der Waals surface area (Å²) in [6, 6.07) is 28.8. The van der Waals surface area contributed by atoms with Crippen LogP contribution in [0.25, 0.3) is 0 Å².